The molecule has 2 N–H and O–H groups in total. The van der Waals surface area contributed by atoms with Crippen LogP contribution in [0, 0.1) is 11.6 Å². The first kappa shape index (κ1) is 21.3. The van der Waals surface area contributed by atoms with Crippen molar-refractivity contribution in [2.45, 2.75) is 13.0 Å². The molecule has 2 amide bonds. The average molecular weight is 419 g/mol. The molecule has 1 heterocycles. The lowest BCUT2D eigenvalue weighted by Gasteiger charge is -2.26. The molecule has 1 aliphatic heterocycles. The fourth-order valence-corrected chi connectivity index (χ4v) is 4.03. The summed E-state index contributed by atoms with van der Waals surface area (Å²) in [4.78, 5) is 26.5. The van der Waals surface area contributed by atoms with Crippen molar-refractivity contribution >= 4 is 29.3 Å². The van der Waals surface area contributed by atoms with Crippen molar-refractivity contribution in [3.63, 3.8) is 0 Å². The third-order valence-corrected chi connectivity index (χ3v) is 5.48. The molecule has 8 heteroatoms. The van der Waals surface area contributed by atoms with Gasteiger partial charge in [0.25, 0.3) is 5.91 Å². The second kappa shape index (κ2) is 10.4. The highest BCUT2D eigenvalue weighted by molar-refractivity contribution is 7.99. The maximum Gasteiger partial charge on any atom is 0.254 e. The Morgan fingerprint density at radius 2 is 1.86 bits per heavy atom. The second-order valence-electron chi connectivity index (χ2n) is 6.77. The summed E-state index contributed by atoms with van der Waals surface area (Å²) in [5.74, 6) is -0.335. The number of carbonyl (C=O) groups is 2. The molecule has 5 nitrogen and oxygen atoms in total. The molecule has 154 valence electrons. The van der Waals surface area contributed by atoms with E-state index in [1.165, 1.54) is 0 Å². The molecule has 0 atom stereocenters. The Kier molecular flexibility index (Phi) is 7.60. The molecule has 0 spiro atoms. The lowest BCUT2D eigenvalue weighted by Crippen LogP contribution is -2.32. The molecule has 1 aliphatic rings. The van der Waals surface area contributed by atoms with E-state index in [4.69, 9.17) is 0 Å². The predicted octanol–water partition coefficient (Wildman–Crippen LogP) is 3.27. The van der Waals surface area contributed by atoms with Gasteiger partial charge in [0.05, 0.1) is 5.56 Å². The molecule has 0 saturated carbocycles. The van der Waals surface area contributed by atoms with E-state index < -0.39 is 17.5 Å². The fraction of sp³-hybridized carbons (Fsp3) is 0.333. The van der Waals surface area contributed by atoms with Crippen molar-refractivity contribution in [1.82, 2.24) is 10.2 Å². The zero-order valence-corrected chi connectivity index (χ0v) is 16.7. The summed E-state index contributed by atoms with van der Waals surface area (Å²) in [5, 5.41) is 5.29. The van der Waals surface area contributed by atoms with Crippen LogP contribution in [0.15, 0.2) is 42.5 Å². The van der Waals surface area contributed by atoms with Gasteiger partial charge >= 0.3 is 0 Å². The minimum Gasteiger partial charge on any atom is -0.351 e. The molecule has 2 aromatic carbocycles. The third-order valence-electron chi connectivity index (χ3n) is 4.53. The highest BCUT2D eigenvalue weighted by atomic mass is 32.2. The van der Waals surface area contributed by atoms with Gasteiger partial charge in [0.2, 0.25) is 5.91 Å². The van der Waals surface area contributed by atoms with Gasteiger partial charge in [-0.15, -0.1) is 0 Å². The number of thioether (sulfide) groups is 1. The second-order valence-corrected chi connectivity index (χ2v) is 7.99. The predicted molar refractivity (Wildman–Crippen MR) is 111 cm³/mol. The highest BCUT2D eigenvalue weighted by Gasteiger charge is 2.13. The summed E-state index contributed by atoms with van der Waals surface area (Å²) in [6.45, 7) is 3.03. The van der Waals surface area contributed by atoms with Crippen LogP contribution in [0.5, 0.6) is 0 Å². The normalized spacial score (nSPS) is 14.4. The fourth-order valence-electron chi connectivity index (χ4n) is 3.05. The van der Waals surface area contributed by atoms with E-state index in [1.807, 2.05) is 36.0 Å². The molecule has 1 fully saturated rings. The van der Waals surface area contributed by atoms with E-state index in [1.54, 1.807) is 0 Å². The van der Waals surface area contributed by atoms with Crippen LogP contribution in [0.3, 0.4) is 0 Å². The summed E-state index contributed by atoms with van der Waals surface area (Å²) < 4.78 is 26.5. The van der Waals surface area contributed by atoms with E-state index in [0.29, 0.717) is 11.8 Å². The van der Waals surface area contributed by atoms with Gasteiger partial charge < -0.3 is 10.6 Å². The molecule has 3 rings (SSSR count). The Hall–Kier alpha value is -2.45. The summed E-state index contributed by atoms with van der Waals surface area (Å²) in [6, 6.07) is 10.5. The Morgan fingerprint density at radius 3 is 2.62 bits per heavy atom. The van der Waals surface area contributed by atoms with Crippen LogP contribution in [-0.4, -0.2) is 47.9 Å². The maximum absolute atomic E-state index is 13.6. The monoisotopic (exact) mass is 419 g/mol. The van der Waals surface area contributed by atoms with Gasteiger partial charge in [-0.25, -0.2) is 8.78 Å². The van der Waals surface area contributed by atoms with Crippen LogP contribution in [0.25, 0.3) is 0 Å². The maximum atomic E-state index is 13.6. The first-order valence-corrected chi connectivity index (χ1v) is 10.6. The Balaban J connectivity index is 1.45. The van der Waals surface area contributed by atoms with Gasteiger partial charge in [-0.1, -0.05) is 12.1 Å². The zero-order valence-electron chi connectivity index (χ0n) is 15.9. The van der Waals surface area contributed by atoms with Gasteiger partial charge in [-0.3, -0.25) is 14.5 Å². The number of carbonyl (C=O) groups excluding carboxylic acids is 2. The summed E-state index contributed by atoms with van der Waals surface area (Å²) in [7, 11) is 0. The summed E-state index contributed by atoms with van der Waals surface area (Å²) in [5.41, 5.74) is 1.58. The number of rotatable bonds is 7. The Morgan fingerprint density at radius 1 is 1.07 bits per heavy atom. The number of hydrogen-bond donors (Lipinski definition) is 2. The van der Waals surface area contributed by atoms with E-state index in [2.05, 4.69) is 15.5 Å². The molecule has 2 aromatic rings. The van der Waals surface area contributed by atoms with E-state index in [-0.39, 0.29) is 24.4 Å². The molecule has 0 radical (unpaired) electrons. The number of hydrogen-bond acceptors (Lipinski definition) is 4. The largest absolute Gasteiger partial charge is 0.351 e. The molecule has 29 heavy (non-hydrogen) atoms. The smallest absolute Gasteiger partial charge is 0.254 e. The number of anilines is 1. The summed E-state index contributed by atoms with van der Waals surface area (Å²) in [6.07, 6.45) is 0.0438. The molecule has 1 saturated heterocycles. The SMILES string of the molecule is O=C(CCNC(=O)c1ccc(F)cc1F)Nc1cccc(CN2CCSCC2)c1. The van der Waals surface area contributed by atoms with E-state index in [0.717, 1.165) is 48.8 Å². The molecule has 0 aromatic heterocycles. The Bertz CT molecular complexity index is 873. The zero-order chi connectivity index (χ0) is 20.6. The van der Waals surface area contributed by atoms with Crippen LogP contribution in [0.2, 0.25) is 0 Å². The topological polar surface area (TPSA) is 61.4 Å². The highest BCUT2D eigenvalue weighted by Crippen LogP contribution is 2.16. The lowest BCUT2D eigenvalue weighted by atomic mass is 10.1. The molecule has 0 bridgehead atoms. The quantitative estimate of drug-likeness (QED) is 0.723. The lowest BCUT2D eigenvalue weighted by molar-refractivity contribution is -0.116. The van der Waals surface area contributed by atoms with Gasteiger partial charge in [0, 0.05) is 55.9 Å². The van der Waals surface area contributed by atoms with Crippen molar-refractivity contribution in [3.8, 4) is 0 Å². The average Bonchev–Trinajstić information content (AvgIpc) is 2.69. The van der Waals surface area contributed by atoms with Crippen LogP contribution >= 0.6 is 11.8 Å². The van der Waals surface area contributed by atoms with Crippen molar-refractivity contribution in [3.05, 3.63) is 65.2 Å². The van der Waals surface area contributed by atoms with Crippen molar-refractivity contribution < 1.29 is 18.4 Å². The van der Waals surface area contributed by atoms with Gasteiger partial charge in [-0.2, -0.15) is 11.8 Å². The number of nitrogens with zero attached hydrogens (tertiary/aromatic N) is 1. The third kappa shape index (κ3) is 6.54. The van der Waals surface area contributed by atoms with E-state index >= 15 is 0 Å². The van der Waals surface area contributed by atoms with Crippen molar-refractivity contribution in [2.75, 3.05) is 36.5 Å². The van der Waals surface area contributed by atoms with E-state index in [9.17, 15) is 18.4 Å². The minimum absolute atomic E-state index is 0.0438. The molecular formula is C21H23F2N3O2S. The van der Waals surface area contributed by atoms with Gasteiger partial charge in [0.1, 0.15) is 11.6 Å². The first-order chi connectivity index (χ1) is 14.0. The number of benzene rings is 2. The van der Waals surface area contributed by atoms with Crippen LogP contribution in [0.4, 0.5) is 14.5 Å². The van der Waals surface area contributed by atoms with Crippen molar-refractivity contribution in [2.24, 2.45) is 0 Å². The number of amides is 2. The Labute approximate surface area is 172 Å². The van der Waals surface area contributed by atoms with Crippen molar-refractivity contribution in [1.29, 1.82) is 0 Å². The molecular weight excluding hydrogens is 396 g/mol. The molecule has 0 aliphatic carbocycles. The first-order valence-electron chi connectivity index (χ1n) is 9.43. The minimum atomic E-state index is -0.934. The number of halogens is 2. The van der Waals surface area contributed by atoms with Gasteiger partial charge in [0.15, 0.2) is 0 Å². The van der Waals surface area contributed by atoms with Crippen LogP contribution in [-0.2, 0) is 11.3 Å². The number of nitrogens with one attached hydrogen (secondary N) is 2. The van der Waals surface area contributed by atoms with Crippen LogP contribution < -0.4 is 10.6 Å². The molecule has 0 unspecified atom stereocenters. The van der Waals surface area contributed by atoms with Crippen LogP contribution in [0.1, 0.15) is 22.3 Å². The standard InChI is InChI=1S/C21H23F2N3O2S/c22-16-4-5-18(19(23)13-16)21(28)24-7-6-20(27)25-17-3-1-2-15(12-17)14-26-8-10-29-11-9-26/h1-5,12-13H,6-11,14H2,(H,24,28)(H,25,27). The van der Waals surface area contributed by atoms with Gasteiger partial charge in [-0.05, 0) is 29.8 Å². The summed E-state index contributed by atoms with van der Waals surface area (Å²) >= 11 is 1.96.